The summed E-state index contributed by atoms with van der Waals surface area (Å²) in [5, 5.41) is 0. The monoisotopic (exact) mass is 214 g/mol. The van der Waals surface area contributed by atoms with E-state index in [9.17, 15) is 0 Å². The molecular weight excluding hydrogens is 192 g/mol. The van der Waals surface area contributed by atoms with Crippen molar-refractivity contribution in [2.45, 2.75) is 45.6 Å². The molecule has 0 aliphatic carbocycles. The highest BCUT2D eigenvalue weighted by Crippen LogP contribution is 2.23. The van der Waals surface area contributed by atoms with Gasteiger partial charge in [0.05, 0.1) is 4.99 Å². The first kappa shape index (κ1) is 11.9. The topological polar surface area (TPSA) is 29.3 Å². The van der Waals surface area contributed by atoms with Crippen LogP contribution in [0.2, 0.25) is 0 Å². The standard InChI is InChI=1S/C11H22N2S/c1-9(2)10-5-3-7-13(10)8-4-6-11(12)14/h9-10H,3-8H2,1-2H3,(H2,12,14). The molecule has 2 nitrogen and oxygen atoms in total. The lowest BCUT2D eigenvalue weighted by atomic mass is 10.0. The highest BCUT2D eigenvalue weighted by Gasteiger charge is 2.25. The Hall–Kier alpha value is -0.150. The van der Waals surface area contributed by atoms with E-state index < -0.39 is 0 Å². The molecule has 1 fully saturated rings. The summed E-state index contributed by atoms with van der Waals surface area (Å²) in [5.74, 6) is 0.780. The van der Waals surface area contributed by atoms with Gasteiger partial charge < -0.3 is 10.6 Å². The maximum atomic E-state index is 5.48. The van der Waals surface area contributed by atoms with Crippen LogP contribution in [0.1, 0.15) is 39.5 Å². The Morgan fingerprint density at radius 2 is 2.29 bits per heavy atom. The molecule has 14 heavy (non-hydrogen) atoms. The Morgan fingerprint density at radius 1 is 1.57 bits per heavy atom. The molecule has 1 atom stereocenters. The van der Waals surface area contributed by atoms with E-state index in [0.717, 1.165) is 24.8 Å². The highest BCUT2D eigenvalue weighted by molar-refractivity contribution is 7.80. The van der Waals surface area contributed by atoms with Crippen molar-refractivity contribution in [2.75, 3.05) is 13.1 Å². The van der Waals surface area contributed by atoms with Gasteiger partial charge in [0.2, 0.25) is 0 Å². The van der Waals surface area contributed by atoms with Gasteiger partial charge >= 0.3 is 0 Å². The first-order chi connectivity index (χ1) is 6.61. The molecular formula is C11H22N2S. The fourth-order valence-electron chi connectivity index (χ4n) is 2.34. The zero-order valence-electron chi connectivity index (χ0n) is 9.33. The maximum Gasteiger partial charge on any atom is 0.0727 e. The van der Waals surface area contributed by atoms with Crippen LogP contribution < -0.4 is 5.73 Å². The summed E-state index contributed by atoms with van der Waals surface area (Å²) in [6.45, 7) is 7.06. The van der Waals surface area contributed by atoms with Crippen LogP contribution in [0.15, 0.2) is 0 Å². The zero-order valence-corrected chi connectivity index (χ0v) is 10.1. The molecule has 82 valence electrons. The number of rotatable bonds is 5. The molecule has 1 saturated heterocycles. The third-order valence-electron chi connectivity index (χ3n) is 3.05. The molecule has 1 rings (SSSR count). The molecule has 3 heteroatoms. The number of likely N-dealkylation sites (tertiary alicyclic amines) is 1. The molecule has 0 amide bonds. The predicted octanol–water partition coefficient (Wildman–Crippen LogP) is 2.17. The number of nitrogens with zero attached hydrogens (tertiary/aromatic N) is 1. The van der Waals surface area contributed by atoms with Crippen molar-refractivity contribution >= 4 is 17.2 Å². The molecule has 1 aliphatic heterocycles. The summed E-state index contributed by atoms with van der Waals surface area (Å²) < 4.78 is 0. The molecule has 0 aromatic carbocycles. The Kier molecular flexibility index (Phi) is 4.82. The number of hydrogen-bond acceptors (Lipinski definition) is 2. The molecule has 0 radical (unpaired) electrons. The van der Waals surface area contributed by atoms with Gasteiger partial charge in [0.1, 0.15) is 0 Å². The number of hydrogen-bond donors (Lipinski definition) is 1. The van der Waals surface area contributed by atoms with Crippen LogP contribution in [0.4, 0.5) is 0 Å². The Morgan fingerprint density at radius 3 is 2.86 bits per heavy atom. The van der Waals surface area contributed by atoms with Gasteiger partial charge in [0.25, 0.3) is 0 Å². The van der Waals surface area contributed by atoms with Crippen molar-refractivity contribution in [1.82, 2.24) is 4.90 Å². The van der Waals surface area contributed by atoms with E-state index in [1.165, 1.54) is 25.9 Å². The van der Waals surface area contributed by atoms with Crippen LogP contribution >= 0.6 is 12.2 Å². The third-order valence-corrected chi connectivity index (χ3v) is 3.26. The summed E-state index contributed by atoms with van der Waals surface area (Å²) in [4.78, 5) is 3.26. The quantitative estimate of drug-likeness (QED) is 0.711. The van der Waals surface area contributed by atoms with Crippen LogP contribution in [0.3, 0.4) is 0 Å². The molecule has 1 unspecified atom stereocenters. The molecule has 2 N–H and O–H groups in total. The molecule has 0 bridgehead atoms. The summed E-state index contributed by atoms with van der Waals surface area (Å²) in [6.07, 6.45) is 4.75. The lowest BCUT2D eigenvalue weighted by Gasteiger charge is -2.27. The molecule has 1 heterocycles. The van der Waals surface area contributed by atoms with Crippen molar-refractivity contribution in [3.63, 3.8) is 0 Å². The van der Waals surface area contributed by atoms with Crippen LogP contribution in [-0.4, -0.2) is 29.0 Å². The van der Waals surface area contributed by atoms with Crippen molar-refractivity contribution in [3.05, 3.63) is 0 Å². The van der Waals surface area contributed by atoms with E-state index in [-0.39, 0.29) is 0 Å². The van der Waals surface area contributed by atoms with Gasteiger partial charge in [-0.1, -0.05) is 26.1 Å². The first-order valence-corrected chi connectivity index (χ1v) is 6.04. The predicted molar refractivity (Wildman–Crippen MR) is 65.5 cm³/mol. The van der Waals surface area contributed by atoms with E-state index >= 15 is 0 Å². The number of nitrogens with two attached hydrogens (primary N) is 1. The van der Waals surface area contributed by atoms with Crippen LogP contribution in [0.25, 0.3) is 0 Å². The average molecular weight is 214 g/mol. The van der Waals surface area contributed by atoms with E-state index in [2.05, 4.69) is 18.7 Å². The second kappa shape index (κ2) is 5.66. The normalized spacial score (nSPS) is 23.2. The van der Waals surface area contributed by atoms with Crippen LogP contribution in [0.5, 0.6) is 0 Å². The molecule has 1 aliphatic rings. The summed E-state index contributed by atoms with van der Waals surface area (Å²) in [7, 11) is 0. The van der Waals surface area contributed by atoms with E-state index in [0.29, 0.717) is 4.99 Å². The van der Waals surface area contributed by atoms with Gasteiger partial charge in [-0.15, -0.1) is 0 Å². The zero-order chi connectivity index (χ0) is 10.6. The van der Waals surface area contributed by atoms with Crippen LogP contribution in [-0.2, 0) is 0 Å². The second-order valence-electron chi connectivity index (χ2n) is 4.56. The Balaban J connectivity index is 2.25. The SMILES string of the molecule is CC(C)C1CCCN1CCCC(N)=S. The maximum absolute atomic E-state index is 5.48. The summed E-state index contributed by atoms with van der Waals surface area (Å²) in [6, 6.07) is 0.793. The molecule has 0 aromatic rings. The Bertz CT molecular complexity index is 192. The van der Waals surface area contributed by atoms with Gasteiger partial charge in [-0.3, -0.25) is 0 Å². The van der Waals surface area contributed by atoms with Crippen LogP contribution in [0, 0.1) is 5.92 Å². The molecule has 0 aromatic heterocycles. The Labute approximate surface area is 92.8 Å². The van der Waals surface area contributed by atoms with Crippen molar-refractivity contribution in [2.24, 2.45) is 11.7 Å². The first-order valence-electron chi connectivity index (χ1n) is 5.63. The average Bonchev–Trinajstić information content (AvgIpc) is 2.51. The lowest BCUT2D eigenvalue weighted by molar-refractivity contribution is 0.206. The fraction of sp³-hybridized carbons (Fsp3) is 0.909. The lowest BCUT2D eigenvalue weighted by Crippen LogP contribution is -2.34. The van der Waals surface area contributed by atoms with Gasteiger partial charge in [-0.05, 0) is 44.7 Å². The van der Waals surface area contributed by atoms with Gasteiger partial charge in [0.15, 0.2) is 0 Å². The van der Waals surface area contributed by atoms with Gasteiger partial charge in [-0.2, -0.15) is 0 Å². The largest absolute Gasteiger partial charge is 0.393 e. The van der Waals surface area contributed by atoms with Gasteiger partial charge in [0, 0.05) is 6.04 Å². The smallest absolute Gasteiger partial charge is 0.0727 e. The minimum Gasteiger partial charge on any atom is -0.393 e. The summed E-state index contributed by atoms with van der Waals surface area (Å²) >= 11 is 4.88. The highest BCUT2D eigenvalue weighted by atomic mass is 32.1. The van der Waals surface area contributed by atoms with E-state index in [1.807, 2.05) is 0 Å². The second-order valence-corrected chi connectivity index (χ2v) is 5.08. The molecule has 0 spiro atoms. The summed E-state index contributed by atoms with van der Waals surface area (Å²) in [5.41, 5.74) is 5.48. The minimum atomic E-state index is 0.658. The van der Waals surface area contributed by atoms with E-state index in [1.54, 1.807) is 0 Å². The van der Waals surface area contributed by atoms with Crippen molar-refractivity contribution in [3.8, 4) is 0 Å². The fourth-order valence-corrected chi connectivity index (χ4v) is 2.49. The van der Waals surface area contributed by atoms with E-state index in [4.69, 9.17) is 18.0 Å². The van der Waals surface area contributed by atoms with Gasteiger partial charge in [-0.25, -0.2) is 0 Å². The third kappa shape index (κ3) is 3.54. The molecule has 0 saturated carbocycles. The minimum absolute atomic E-state index is 0.658. The van der Waals surface area contributed by atoms with Crippen molar-refractivity contribution < 1.29 is 0 Å². The number of thiocarbonyl (C=S) groups is 1. The van der Waals surface area contributed by atoms with Crippen molar-refractivity contribution in [1.29, 1.82) is 0 Å².